The summed E-state index contributed by atoms with van der Waals surface area (Å²) in [6.45, 7) is 2.93. The second kappa shape index (κ2) is 11.5. The van der Waals surface area contributed by atoms with Crippen LogP contribution in [0.5, 0.6) is 0 Å². The largest absolute Gasteiger partial charge is 0.312 e. The van der Waals surface area contributed by atoms with Gasteiger partial charge in [0.05, 0.1) is 0 Å². The topological polar surface area (TPSA) is 49.1 Å². The number of nitrogens with zero attached hydrogens (tertiary/aromatic N) is 2. The molecule has 5 aromatic rings. The van der Waals surface area contributed by atoms with Crippen molar-refractivity contribution in [1.29, 1.82) is 5.41 Å². The van der Waals surface area contributed by atoms with E-state index < -0.39 is 0 Å². The molecule has 0 bridgehead atoms. The maximum Gasteiger partial charge on any atom is 0.0424 e. The summed E-state index contributed by atoms with van der Waals surface area (Å²) in [7, 11) is 0. The summed E-state index contributed by atoms with van der Waals surface area (Å²) in [4.78, 5) is 8.81. The molecule has 0 amide bonds. The molecular formula is C37H31N3. The van der Waals surface area contributed by atoms with Crippen molar-refractivity contribution < 1.29 is 0 Å². The average molecular weight is 518 g/mol. The Balaban J connectivity index is 1.50. The summed E-state index contributed by atoms with van der Waals surface area (Å²) in [6, 6.07) is 36.9. The molecule has 1 atom stereocenters. The fourth-order valence-electron chi connectivity index (χ4n) is 5.22. The Morgan fingerprint density at radius 3 is 1.80 bits per heavy atom. The van der Waals surface area contributed by atoms with Crippen LogP contribution in [0.2, 0.25) is 0 Å². The van der Waals surface area contributed by atoms with E-state index in [0.717, 1.165) is 51.9 Å². The molecule has 40 heavy (non-hydrogen) atoms. The van der Waals surface area contributed by atoms with Gasteiger partial charge >= 0.3 is 0 Å². The highest BCUT2D eigenvalue weighted by molar-refractivity contribution is 6.10. The van der Waals surface area contributed by atoms with Gasteiger partial charge in [-0.15, -0.1) is 0 Å². The minimum Gasteiger partial charge on any atom is -0.312 e. The number of hydrogen-bond acceptors (Lipinski definition) is 3. The Morgan fingerprint density at radius 1 is 0.650 bits per heavy atom. The first-order chi connectivity index (χ1) is 19.7. The number of aliphatic imine (C=N–C) groups is 1. The lowest BCUT2D eigenvalue weighted by atomic mass is 9.90. The van der Waals surface area contributed by atoms with Gasteiger partial charge in [0.15, 0.2) is 0 Å². The Kier molecular flexibility index (Phi) is 7.28. The van der Waals surface area contributed by atoms with E-state index in [1.807, 2.05) is 18.5 Å². The number of hydrogen-bond donors (Lipinski definition) is 1. The highest BCUT2D eigenvalue weighted by Gasteiger charge is 2.12. The third kappa shape index (κ3) is 5.45. The molecule has 4 aromatic carbocycles. The standard InChI is InChI=1S/C37H31N3/c1-26(23-38)27-7-2-10-30(17-27)35-20-36(31-11-3-8-28(18-31)33-13-5-15-39-24-33)22-37(21-35)32-12-4-9-29(19-32)34-14-6-16-40-25-34/h2-5,7-15,17-26,38H,6,16H2,1H3. The maximum atomic E-state index is 7.77. The molecule has 194 valence electrons. The molecule has 1 aliphatic heterocycles. The molecule has 0 fully saturated rings. The summed E-state index contributed by atoms with van der Waals surface area (Å²) in [5.74, 6) is 0.0703. The molecule has 0 radical (unpaired) electrons. The zero-order chi connectivity index (χ0) is 27.3. The minimum atomic E-state index is 0.0703. The van der Waals surface area contributed by atoms with Gasteiger partial charge in [-0.3, -0.25) is 9.98 Å². The second-order valence-corrected chi connectivity index (χ2v) is 10.3. The summed E-state index contributed by atoms with van der Waals surface area (Å²) < 4.78 is 0. The highest BCUT2D eigenvalue weighted by Crippen LogP contribution is 2.36. The molecular weight excluding hydrogens is 486 g/mol. The zero-order valence-corrected chi connectivity index (χ0v) is 22.6. The molecule has 6 rings (SSSR count). The summed E-state index contributed by atoms with van der Waals surface area (Å²) in [6.07, 6.45) is 10.5. The average Bonchev–Trinajstić information content (AvgIpc) is 3.05. The number of benzene rings is 4. The molecule has 0 spiro atoms. The maximum absolute atomic E-state index is 7.77. The van der Waals surface area contributed by atoms with E-state index in [1.54, 1.807) is 6.20 Å². The van der Waals surface area contributed by atoms with Crippen molar-refractivity contribution in [3.63, 3.8) is 0 Å². The fraction of sp³-hybridized carbons (Fsp3) is 0.108. The lowest BCUT2D eigenvalue weighted by Gasteiger charge is -2.15. The first-order valence-corrected chi connectivity index (χ1v) is 13.8. The van der Waals surface area contributed by atoms with Crippen molar-refractivity contribution in [3.8, 4) is 44.5 Å². The van der Waals surface area contributed by atoms with Crippen LogP contribution in [-0.4, -0.2) is 24.0 Å². The predicted molar refractivity (Wildman–Crippen MR) is 169 cm³/mol. The number of aromatic nitrogens is 1. The molecule has 2 heterocycles. The van der Waals surface area contributed by atoms with Gasteiger partial charge in [0.25, 0.3) is 0 Å². The number of allylic oxidation sites excluding steroid dienone is 1. The molecule has 3 nitrogen and oxygen atoms in total. The predicted octanol–water partition coefficient (Wildman–Crippen LogP) is 9.36. The smallest absolute Gasteiger partial charge is 0.0424 e. The monoisotopic (exact) mass is 517 g/mol. The van der Waals surface area contributed by atoms with E-state index in [2.05, 4.69) is 120 Å². The third-order valence-corrected chi connectivity index (χ3v) is 7.50. The van der Waals surface area contributed by atoms with Gasteiger partial charge in [0.2, 0.25) is 0 Å². The van der Waals surface area contributed by atoms with E-state index >= 15 is 0 Å². The molecule has 0 saturated carbocycles. The molecule has 1 N–H and O–H groups in total. The second-order valence-electron chi connectivity index (χ2n) is 10.3. The SMILES string of the molecule is CC(C=N)c1cccc(-c2cc(-c3cccc(C4=CCCN=C4)c3)cc(-c3cccc(-c4cccnc4)c3)c2)c1. The molecule has 1 aliphatic rings. The van der Waals surface area contributed by atoms with Crippen molar-refractivity contribution in [1.82, 2.24) is 4.98 Å². The molecule has 0 saturated heterocycles. The van der Waals surface area contributed by atoms with E-state index in [-0.39, 0.29) is 5.92 Å². The number of nitrogens with one attached hydrogen (secondary N) is 1. The molecule has 0 aliphatic carbocycles. The lowest BCUT2D eigenvalue weighted by Crippen LogP contribution is -1.95. The normalized spacial score (nSPS) is 13.5. The summed E-state index contributed by atoms with van der Waals surface area (Å²) in [5.41, 5.74) is 12.7. The van der Waals surface area contributed by atoms with Crippen molar-refractivity contribution >= 4 is 18.0 Å². The van der Waals surface area contributed by atoms with Crippen LogP contribution in [0.15, 0.2) is 127 Å². The molecule has 1 aromatic heterocycles. The van der Waals surface area contributed by atoms with E-state index in [9.17, 15) is 0 Å². The Hall–Kier alpha value is -4.89. The van der Waals surface area contributed by atoms with Gasteiger partial charge in [-0.1, -0.05) is 79.7 Å². The van der Waals surface area contributed by atoms with Crippen molar-refractivity contribution in [2.45, 2.75) is 19.3 Å². The first kappa shape index (κ1) is 25.4. The van der Waals surface area contributed by atoms with Gasteiger partial charge in [-0.2, -0.15) is 0 Å². The Bertz CT molecular complexity index is 1730. The van der Waals surface area contributed by atoms with Crippen LogP contribution in [0.3, 0.4) is 0 Å². The van der Waals surface area contributed by atoms with Crippen LogP contribution in [-0.2, 0) is 0 Å². The zero-order valence-electron chi connectivity index (χ0n) is 22.6. The van der Waals surface area contributed by atoms with Gasteiger partial charge in [0.1, 0.15) is 0 Å². The van der Waals surface area contributed by atoms with E-state index in [0.29, 0.717) is 0 Å². The van der Waals surface area contributed by atoms with Crippen LogP contribution >= 0.6 is 0 Å². The van der Waals surface area contributed by atoms with Crippen molar-refractivity contribution in [2.24, 2.45) is 4.99 Å². The van der Waals surface area contributed by atoms with Gasteiger partial charge < -0.3 is 5.41 Å². The number of rotatable bonds is 7. The number of dihydropyridines is 1. The van der Waals surface area contributed by atoms with E-state index in [1.165, 1.54) is 28.5 Å². The van der Waals surface area contributed by atoms with Crippen LogP contribution in [0.25, 0.3) is 50.1 Å². The summed E-state index contributed by atoms with van der Waals surface area (Å²) >= 11 is 0. The van der Waals surface area contributed by atoms with Crippen LogP contribution in [0.4, 0.5) is 0 Å². The number of pyridine rings is 1. The first-order valence-electron chi connectivity index (χ1n) is 13.8. The van der Waals surface area contributed by atoms with Gasteiger partial charge in [0, 0.05) is 42.8 Å². The lowest BCUT2D eigenvalue weighted by molar-refractivity contribution is 1.01. The van der Waals surface area contributed by atoms with Crippen LogP contribution in [0.1, 0.15) is 30.4 Å². The van der Waals surface area contributed by atoms with Crippen molar-refractivity contribution in [3.05, 3.63) is 133 Å². The minimum absolute atomic E-state index is 0.0703. The van der Waals surface area contributed by atoms with Crippen molar-refractivity contribution in [2.75, 3.05) is 6.54 Å². The van der Waals surface area contributed by atoms with Gasteiger partial charge in [-0.05, 0) is 98.5 Å². The molecule has 3 heteroatoms. The third-order valence-electron chi connectivity index (χ3n) is 7.50. The quantitative estimate of drug-likeness (QED) is 0.215. The summed E-state index contributed by atoms with van der Waals surface area (Å²) in [5, 5.41) is 7.77. The Morgan fingerprint density at radius 2 is 1.20 bits per heavy atom. The van der Waals surface area contributed by atoms with Crippen LogP contribution < -0.4 is 0 Å². The van der Waals surface area contributed by atoms with E-state index in [4.69, 9.17) is 5.41 Å². The Labute approximate surface area is 236 Å². The highest BCUT2D eigenvalue weighted by atomic mass is 14.7. The van der Waals surface area contributed by atoms with Gasteiger partial charge in [-0.25, -0.2) is 0 Å². The van der Waals surface area contributed by atoms with Crippen LogP contribution in [0, 0.1) is 5.41 Å². The fourth-order valence-corrected chi connectivity index (χ4v) is 5.22. The molecule has 1 unspecified atom stereocenters.